The van der Waals surface area contributed by atoms with Gasteiger partial charge in [-0.25, -0.2) is 4.79 Å². The highest BCUT2D eigenvalue weighted by Gasteiger charge is 2.29. The lowest BCUT2D eigenvalue weighted by atomic mass is 10.0. The van der Waals surface area contributed by atoms with Crippen LogP contribution in [0.25, 0.3) is 0 Å². The minimum atomic E-state index is -1.20. The highest BCUT2D eigenvalue weighted by atomic mass is 16.4. The molecule has 0 aliphatic heterocycles. The number of aliphatic imine (C=N–C) groups is 2. The van der Waals surface area contributed by atoms with Crippen molar-refractivity contribution in [1.29, 1.82) is 0 Å². The molecule has 3 atom stereocenters. The lowest BCUT2D eigenvalue weighted by Gasteiger charge is -2.25. The van der Waals surface area contributed by atoms with Gasteiger partial charge in [-0.3, -0.25) is 19.6 Å². The average molecular weight is 430 g/mol. The monoisotopic (exact) mass is 429 g/mol. The molecule has 3 unspecified atom stereocenters. The summed E-state index contributed by atoms with van der Waals surface area (Å²) in [5.41, 5.74) is 26.7. The molecule has 2 amide bonds. The predicted molar refractivity (Wildman–Crippen MR) is 114 cm³/mol. The van der Waals surface area contributed by atoms with E-state index in [1.165, 1.54) is 0 Å². The van der Waals surface area contributed by atoms with Gasteiger partial charge in [-0.2, -0.15) is 0 Å². The SMILES string of the molecule is CC(C)C(NC(=O)C(N)CCCN=C(N)N)C(=O)NC(CCCN=C(N)N)C(=O)O. The van der Waals surface area contributed by atoms with E-state index < -0.39 is 35.9 Å². The maximum atomic E-state index is 12.6. The van der Waals surface area contributed by atoms with Crippen LogP contribution in [0.3, 0.4) is 0 Å². The first kappa shape index (κ1) is 26.9. The first-order chi connectivity index (χ1) is 14.0. The van der Waals surface area contributed by atoms with E-state index in [0.29, 0.717) is 25.8 Å². The lowest BCUT2D eigenvalue weighted by molar-refractivity contribution is -0.142. The minimum Gasteiger partial charge on any atom is -0.480 e. The van der Waals surface area contributed by atoms with Crippen molar-refractivity contribution >= 4 is 29.7 Å². The van der Waals surface area contributed by atoms with Gasteiger partial charge in [-0.15, -0.1) is 0 Å². The van der Waals surface area contributed by atoms with Gasteiger partial charge in [0.25, 0.3) is 0 Å². The average Bonchev–Trinajstić information content (AvgIpc) is 2.64. The van der Waals surface area contributed by atoms with Crippen LogP contribution < -0.4 is 39.3 Å². The molecule has 13 heteroatoms. The Balaban J connectivity index is 4.82. The predicted octanol–water partition coefficient (Wildman–Crippen LogP) is -2.87. The van der Waals surface area contributed by atoms with Crippen LogP contribution in [0.15, 0.2) is 9.98 Å². The van der Waals surface area contributed by atoms with Crippen molar-refractivity contribution in [2.75, 3.05) is 13.1 Å². The van der Waals surface area contributed by atoms with E-state index >= 15 is 0 Å². The second-order valence-corrected chi connectivity index (χ2v) is 7.13. The molecular weight excluding hydrogens is 394 g/mol. The second-order valence-electron chi connectivity index (χ2n) is 7.13. The summed E-state index contributed by atoms with van der Waals surface area (Å²) >= 11 is 0. The van der Waals surface area contributed by atoms with Crippen molar-refractivity contribution in [1.82, 2.24) is 10.6 Å². The summed E-state index contributed by atoms with van der Waals surface area (Å²) in [6.07, 6.45) is 1.29. The van der Waals surface area contributed by atoms with Gasteiger partial charge in [-0.05, 0) is 31.6 Å². The number of carbonyl (C=O) groups is 3. The van der Waals surface area contributed by atoms with Gasteiger partial charge < -0.3 is 44.4 Å². The number of carboxylic acid groups (broad SMARTS) is 1. The lowest BCUT2D eigenvalue weighted by Crippen LogP contribution is -2.56. The molecule has 30 heavy (non-hydrogen) atoms. The molecule has 0 aromatic rings. The Labute approximate surface area is 175 Å². The minimum absolute atomic E-state index is 0.0455. The Morgan fingerprint density at radius 3 is 1.80 bits per heavy atom. The van der Waals surface area contributed by atoms with E-state index in [1.807, 2.05) is 0 Å². The van der Waals surface area contributed by atoms with E-state index in [0.717, 1.165) is 0 Å². The Hall–Kier alpha value is -3.09. The zero-order chi connectivity index (χ0) is 23.3. The number of guanidine groups is 2. The van der Waals surface area contributed by atoms with Crippen LogP contribution in [-0.2, 0) is 14.4 Å². The van der Waals surface area contributed by atoms with Crippen molar-refractivity contribution in [3.63, 3.8) is 0 Å². The first-order valence-electron chi connectivity index (χ1n) is 9.65. The number of rotatable bonds is 14. The van der Waals surface area contributed by atoms with E-state index in [9.17, 15) is 19.5 Å². The molecule has 0 heterocycles. The first-order valence-corrected chi connectivity index (χ1v) is 9.65. The highest BCUT2D eigenvalue weighted by molar-refractivity contribution is 5.91. The molecule has 13 N–H and O–H groups in total. The number of hydrogen-bond donors (Lipinski definition) is 8. The number of carboxylic acids is 1. The second kappa shape index (κ2) is 14.0. The molecule has 0 aromatic heterocycles. The van der Waals surface area contributed by atoms with Crippen molar-refractivity contribution in [3.8, 4) is 0 Å². The molecule has 13 nitrogen and oxygen atoms in total. The number of carbonyl (C=O) groups excluding carboxylic acids is 2. The van der Waals surface area contributed by atoms with E-state index in [4.69, 9.17) is 28.7 Å². The number of aliphatic carboxylic acids is 1. The van der Waals surface area contributed by atoms with Crippen LogP contribution in [0.1, 0.15) is 39.5 Å². The Morgan fingerprint density at radius 1 is 0.867 bits per heavy atom. The summed E-state index contributed by atoms with van der Waals surface area (Å²) in [6.45, 7) is 4.02. The van der Waals surface area contributed by atoms with Crippen LogP contribution in [-0.4, -0.2) is 66.0 Å². The third-order valence-corrected chi connectivity index (χ3v) is 4.11. The number of nitrogens with two attached hydrogens (primary N) is 5. The van der Waals surface area contributed by atoms with Crippen molar-refractivity contribution in [2.45, 2.75) is 57.7 Å². The van der Waals surface area contributed by atoms with Crippen LogP contribution in [0, 0.1) is 5.92 Å². The van der Waals surface area contributed by atoms with E-state index in [-0.39, 0.29) is 30.8 Å². The van der Waals surface area contributed by atoms with E-state index in [2.05, 4.69) is 20.6 Å². The molecule has 0 rings (SSSR count). The zero-order valence-corrected chi connectivity index (χ0v) is 17.5. The van der Waals surface area contributed by atoms with Gasteiger partial charge in [0.05, 0.1) is 6.04 Å². The van der Waals surface area contributed by atoms with Crippen molar-refractivity contribution in [2.24, 2.45) is 44.6 Å². The molecule has 172 valence electrons. The highest BCUT2D eigenvalue weighted by Crippen LogP contribution is 2.06. The molecular formula is C17H35N9O4. The fourth-order valence-corrected chi connectivity index (χ4v) is 2.47. The largest absolute Gasteiger partial charge is 0.480 e. The van der Waals surface area contributed by atoms with Gasteiger partial charge in [0.2, 0.25) is 11.8 Å². The number of nitrogens with one attached hydrogen (secondary N) is 2. The van der Waals surface area contributed by atoms with Gasteiger partial charge in [0.15, 0.2) is 11.9 Å². The van der Waals surface area contributed by atoms with Crippen LogP contribution in [0.2, 0.25) is 0 Å². The maximum Gasteiger partial charge on any atom is 0.326 e. The summed E-state index contributed by atoms with van der Waals surface area (Å²) in [5, 5.41) is 14.4. The zero-order valence-electron chi connectivity index (χ0n) is 17.5. The molecule has 0 aliphatic rings. The maximum absolute atomic E-state index is 12.6. The molecule has 0 bridgehead atoms. The fraction of sp³-hybridized carbons (Fsp3) is 0.706. The van der Waals surface area contributed by atoms with Crippen LogP contribution >= 0.6 is 0 Å². The quantitative estimate of drug-likeness (QED) is 0.0801. The van der Waals surface area contributed by atoms with Gasteiger partial charge in [0, 0.05) is 13.1 Å². The normalized spacial score (nSPS) is 13.6. The molecule has 0 aromatic carbocycles. The Kier molecular flexibility index (Phi) is 12.5. The van der Waals surface area contributed by atoms with Crippen molar-refractivity contribution < 1.29 is 19.5 Å². The number of amides is 2. The summed E-state index contributed by atoms with van der Waals surface area (Å²) in [6, 6.07) is -2.94. The molecule has 0 saturated heterocycles. The van der Waals surface area contributed by atoms with Gasteiger partial charge >= 0.3 is 5.97 Å². The topological polar surface area (TPSA) is 250 Å². The van der Waals surface area contributed by atoms with E-state index in [1.54, 1.807) is 13.8 Å². The Morgan fingerprint density at radius 2 is 1.37 bits per heavy atom. The smallest absolute Gasteiger partial charge is 0.326 e. The summed E-state index contributed by atoms with van der Waals surface area (Å²) in [7, 11) is 0. The van der Waals surface area contributed by atoms with Gasteiger partial charge in [-0.1, -0.05) is 13.8 Å². The summed E-state index contributed by atoms with van der Waals surface area (Å²) in [5.74, 6) is -2.76. The summed E-state index contributed by atoms with van der Waals surface area (Å²) < 4.78 is 0. The van der Waals surface area contributed by atoms with Crippen LogP contribution in [0.5, 0.6) is 0 Å². The molecule has 0 saturated carbocycles. The third-order valence-electron chi connectivity index (χ3n) is 4.11. The molecule has 0 fully saturated rings. The van der Waals surface area contributed by atoms with Crippen LogP contribution in [0.4, 0.5) is 0 Å². The molecule has 0 radical (unpaired) electrons. The van der Waals surface area contributed by atoms with Gasteiger partial charge in [0.1, 0.15) is 12.1 Å². The number of nitrogens with zero attached hydrogens (tertiary/aromatic N) is 2. The number of hydrogen-bond acceptors (Lipinski definition) is 6. The molecule has 0 spiro atoms. The Bertz CT molecular complexity index is 629. The fourth-order valence-electron chi connectivity index (χ4n) is 2.47. The molecule has 0 aliphatic carbocycles. The summed E-state index contributed by atoms with van der Waals surface area (Å²) in [4.78, 5) is 43.9. The van der Waals surface area contributed by atoms with Crippen molar-refractivity contribution in [3.05, 3.63) is 0 Å². The third kappa shape index (κ3) is 11.7. The standard InChI is InChI=1S/C17H35N9O4/c1-9(2)12(26-13(27)10(18)5-3-7-23-16(19)20)14(28)25-11(15(29)30)6-4-8-24-17(21)22/h9-12H,3-8,18H2,1-2H3,(H,25,28)(H,26,27)(H,29,30)(H4,19,20,23)(H4,21,22,24).